The van der Waals surface area contributed by atoms with Crippen molar-refractivity contribution >= 4 is 17.9 Å². The lowest BCUT2D eigenvalue weighted by molar-refractivity contribution is -0.139. The van der Waals surface area contributed by atoms with Crippen molar-refractivity contribution in [3.05, 3.63) is 0 Å². The summed E-state index contributed by atoms with van der Waals surface area (Å²) < 4.78 is 0. The maximum Gasteiger partial charge on any atom is 0.326 e. The molecule has 1 aliphatic carbocycles. The first-order chi connectivity index (χ1) is 9.40. The van der Waals surface area contributed by atoms with E-state index in [4.69, 9.17) is 10.8 Å². The Morgan fingerprint density at radius 3 is 2.35 bits per heavy atom. The molecular weight excluding hydrogens is 262 g/mol. The van der Waals surface area contributed by atoms with Crippen LogP contribution in [0, 0.1) is 5.92 Å². The van der Waals surface area contributed by atoms with E-state index in [0.29, 0.717) is 5.92 Å². The fraction of sp³-hybridized carbons (Fsp3) is 0.769. The first-order valence-corrected chi connectivity index (χ1v) is 6.98. The highest BCUT2D eigenvalue weighted by molar-refractivity contribution is 5.83. The van der Waals surface area contributed by atoms with Crippen LogP contribution < -0.4 is 16.4 Å². The van der Waals surface area contributed by atoms with Crippen LogP contribution in [0.1, 0.15) is 45.4 Å². The Labute approximate surface area is 118 Å². The van der Waals surface area contributed by atoms with Crippen LogP contribution in [0.4, 0.5) is 4.79 Å². The molecule has 0 aromatic rings. The molecule has 0 bridgehead atoms. The number of primary amides is 1. The highest BCUT2D eigenvalue weighted by atomic mass is 16.4. The van der Waals surface area contributed by atoms with Gasteiger partial charge in [-0.2, -0.15) is 0 Å². The van der Waals surface area contributed by atoms with Crippen LogP contribution in [0.3, 0.4) is 0 Å². The SMILES string of the molecule is CC(NC(=O)NC(CCC(N)=O)C(=O)O)C1CCCC1. The summed E-state index contributed by atoms with van der Waals surface area (Å²) >= 11 is 0. The molecule has 2 unspecified atom stereocenters. The van der Waals surface area contributed by atoms with E-state index in [1.807, 2.05) is 6.92 Å². The minimum Gasteiger partial charge on any atom is -0.480 e. The number of hydrogen-bond acceptors (Lipinski definition) is 3. The number of carbonyl (C=O) groups excluding carboxylic acids is 2. The number of carboxylic acids is 1. The number of rotatable bonds is 7. The van der Waals surface area contributed by atoms with Gasteiger partial charge in [0.05, 0.1) is 0 Å². The molecule has 3 amide bonds. The normalized spacial score (nSPS) is 18.2. The molecule has 5 N–H and O–H groups in total. The summed E-state index contributed by atoms with van der Waals surface area (Å²) in [5.74, 6) is -1.30. The molecule has 0 aromatic carbocycles. The van der Waals surface area contributed by atoms with Gasteiger partial charge < -0.3 is 21.5 Å². The zero-order chi connectivity index (χ0) is 15.1. The van der Waals surface area contributed by atoms with Crippen LogP contribution in [0.25, 0.3) is 0 Å². The Morgan fingerprint density at radius 1 is 1.25 bits per heavy atom. The monoisotopic (exact) mass is 285 g/mol. The van der Waals surface area contributed by atoms with Crippen LogP contribution in [-0.4, -0.2) is 35.1 Å². The van der Waals surface area contributed by atoms with Crippen molar-refractivity contribution in [3.63, 3.8) is 0 Å². The summed E-state index contributed by atoms with van der Waals surface area (Å²) in [6, 6.07) is -1.59. The van der Waals surface area contributed by atoms with E-state index < -0.39 is 23.9 Å². The van der Waals surface area contributed by atoms with E-state index in [1.165, 1.54) is 12.8 Å². The standard InChI is InChI=1S/C13H23N3O4/c1-8(9-4-2-3-5-9)15-13(20)16-10(12(18)19)6-7-11(14)17/h8-10H,2-7H2,1H3,(H2,14,17)(H,18,19)(H2,15,16,20). The summed E-state index contributed by atoms with van der Waals surface area (Å²) in [5.41, 5.74) is 4.97. The number of amides is 3. The van der Waals surface area contributed by atoms with Crippen molar-refractivity contribution in [1.82, 2.24) is 10.6 Å². The summed E-state index contributed by atoms with van der Waals surface area (Å²) in [4.78, 5) is 33.4. The highest BCUT2D eigenvalue weighted by Gasteiger charge is 2.25. The second-order valence-electron chi connectivity index (χ2n) is 5.35. The van der Waals surface area contributed by atoms with Gasteiger partial charge in [0, 0.05) is 12.5 Å². The summed E-state index contributed by atoms with van der Waals surface area (Å²) in [7, 11) is 0. The third kappa shape index (κ3) is 5.46. The van der Waals surface area contributed by atoms with Gasteiger partial charge in [-0.15, -0.1) is 0 Å². The average Bonchev–Trinajstić information content (AvgIpc) is 2.87. The Balaban J connectivity index is 2.40. The Kier molecular flexibility index (Phi) is 6.27. The van der Waals surface area contributed by atoms with Crippen LogP contribution in [-0.2, 0) is 9.59 Å². The minimum atomic E-state index is -1.17. The first-order valence-electron chi connectivity index (χ1n) is 6.98. The molecule has 0 spiro atoms. The number of carboxylic acid groups (broad SMARTS) is 1. The van der Waals surface area contributed by atoms with E-state index in [9.17, 15) is 14.4 Å². The fourth-order valence-electron chi connectivity index (χ4n) is 2.53. The van der Waals surface area contributed by atoms with Gasteiger partial charge in [-0.1, -0.05) is 12.8 Å². The summed E-state index contributed by atoms with van der Waals surface area (Å²) in [6.45, 7) is 1.93. The molecule has 0 aliphatic heterocycles. The topological polar surface area (TPSA) is 122 Å². The molecule has 114 valence electrons. The van der Waals surface area contributed by atoms with Crippen molar-refractivity contribution < 1.29 is 19.5 Å². The number of carbonyl (C=O) groups is 3. The van der Waals surface area contributed by atoms with E-state index in [-0.39, 0.29) is 18.9 Å². The molecule has 1 fully saturated rings. The van der Waals surface area contributed by atoms with Gasteiger partial charge in [0.2, 0.25) is 5.91 Å². The Hall–Kier alpha value is -1.79. The number of aliphatic carboxylic acids is 1. The third-order valence-electron chi connectivity index (χ3n) is 3.75. The summed E-state index contributed by atoms with van der Waals surface area (Å²) in [5, 5.41) is 14.1. The average molecular weight is 285 g/mol. The van der Waals surface area contributed by atoms with E-state index in [2.05, 4.69) is 10.6 Å². The maximum absolute atomic E-state index is 11.8. The summed E-state index contributed by atoms with van der Waals surface area (Å²) in [6.07, 6.45) is 4.45. The molecule has 1 rings (SSSR count). The van der Waals surface area contributed by atoms with Gasteiger partial charge in [-0.3, -0.25) is 4.79 Å². The van der Waals surface area contributed by atoms with Gasteiger partial charge in [0.25, 0.3) is 0 Å². The van der Waals surface area contributed by atoms with Crippen LogP contribution in [0.2, 0.25) is 0 Å². The number of nitrogens with two attached hydrogens (primary N) is 1. The maximum atomic E-state index is 11.8. The predicted molar refractivity (Wildman–Crippen MR) is 72.9 cm³/mol. The lowest BCUT2D eigenvalue weighted by Crippen LogP contribution is -2.49. The molecule has 20 heavy (non-hydrogen) atoms. The van der Waals surface area contributed by atoms with Crippen LogP contribution >= 0.6 is 0 Å². The molecule has 0 saturated heterocycles. The minimum absolute atomic E-state index is 0.00407. The number of urea groups is 1. The lowest BCUT2D eigenvalue weighted by atomic mass is 10.0. The van der Waals surface area contributed by atoms with Gasteiger partial charge in [-0.25, -0.2) is 9.59 Å². The van der Waals surface area contributed by atoms with Crippen LogP contribution in [0.5, 0.6) is 0 Å². The Bertz CT molecular complexity index is 367. The van der Waals surface area contributed by atoms with E-state index >= 15 is 0 Å². The van der Waals surface area contributed by atoms with Gasteiger partial charge in [-0.05, 0) is 32.1 Å². The second kappa shape index (κ2) is 7.72. The number of hydrogen-bond donors (Lipinski definition) is 4. The molecule has 0 aromatic heterocycles. The molecule has 2 atom stereocenters. The predicted octanol–water partition coefficient (Wildman–Crippen LogP) is 0.583. The molecule has 1 aliphatic rings. The molecule has 0 heterocycles. The third-order valence-corrected chi connectivity index (χ3v) is 3.75. The fourth-order valence-corrected chi connectivity index (χ4v) is 2.53. The van der Waals surface area contributed by atoms with E-state index in [0.717, 1.165) is 12.8 Å². The van der Waals surface area contributed by atoms with Crippen molar-refractivity contribution in [1.29, 1.82) is 0 Å². The molecule has 7 nitrogen and oxygen atoms in total. The molecule has 1 saturated carbocycles. The second-order valence-corrected chi connectivity index (χ2v) is 5.35. The lowest BCUT2D eigenvalue weighted by Gasteiger charge is -2.22. The first kappa shape index (κ1) is 16.3. The molecule has 0 radical (unpaired) electrons. The van der Waals surface area contributed by atoms with Gasteiger partial charge in [0.1, 0.15) is 6.04 Å². The number of nitrogens with one attached hydrogen (secondary N) is 2. The van der Waals surface area contributed by atoms with E-state index in [1.54, 1.807) is 0 Å². The quantitative estimate of drug-likeness (QED) is 0.546. The van der Waals surface area contributed by atoms with Crippen LogP contribution in [0.15, 0.2) is 0 Å². The van der Waals surface area contributed by atoms with Gasteiger partial charge >= 0.3 is 12.0 Å². The Morgan fingerprint density at radius 2 is 1.85 bits per heavy atom. The zero-order valence-corrected chi connectivity index (χ0v) is 11.7. The van der Waals surface area contributed by atoms with Crippen molar-refractivity contribution in [2.75, 3.05) is 0 Å². The molecule has 7 heteroatoms. The van der Waals surface area contributed by atoms with Gasteiger partial charge in [0.15, 0.2) is 0 Å². The highest BCUT2D eigenvalue weighted by Crippen LogP contribution is 2.27. The largest absolute Gasteiger partial charge is 0.480 e. The van der Waals surface area contributed by atoms with Crippen molar-refractivity contribution in [3.8, 4) is 0 Å². The van der Waals surface area contributed by atoms with Crippen molar-refractivity contribution in [2.24, 2.45) is 11.7 Å². The smallest absolute Gasteiger partial charge is 0.326 e. The molecular formula is C13H23N3O4. The van der Waals surface area contributed by atoms with Crippen molar-refractivity contribution in [2.45, 2.75) is 57.5 Å². The zero-order valence-electron chi connectivity index (χ0n) is 11.7.